The zero-order valence-corrected chi connectivity index (χ0v) is 18.9. The second-order valence-electron chi connectivity index (χ2n) is 6.50. The van der Waals surface area contributed by atoms with Crippen molar-refractivity contribution in [1.82, 2.24) is 19.6 Å². The Balaban J connectivity index is 1.71. The molecule has 2 heterocycles. The number of nitrogens with zero attached hydrogens (tertiary/aromatic N) is 4. The van der Waals surface area contributed by atoms with E-state index in [1.807, 2.05) is 20.8 Å². The molecule has 0 aliphatic heterocycles. The molecule has 0 saturated carbocycles. The van der Waals surface area contributed by atoms with Crippen molar-refractivity contribution < 1.29 is 4.79 Å². The van der Waals surface area contributed by atoms with E-state index in [9.17, 15) is 4.79 Å². The molecule has 1 aromatic carbocycles. The van der Waals surface area contributed by atoms with Gasteiger partial charge in [0, 0.05) is 27.7 Å². The highest BCUT2D eigenvalue weighted by atomic mass is 79.9. The van der Waals surface area contributed by atoms with E-state index in [1.54, 1.807) is 33.8 Å². The lowest BCUT2D eigenvalue weighted by Crippen LogP contribution is -2.16. The predicted molar refractivity (Wildman–Crippen MR) is 115 cm³/mol. The van der Waals surface area contributed by atoms with Gasteiger partial charge in [-0.25, -0.2) is 0 Å². The van der Waals surface area contributed by atoms with Crippen LogP contribution in [-0.4, -0.2) is 25.5 Å². The molecule has 3 aromatic rings. The SMILES string of the molecule is Cc1nn(Cc2c(Cl)cccc2Cl)c(C)c1NC(=O)CCn1ncc(Br)c1C. The Morgan fingerprint density at radius 3 is 2.43 bits per heavy atom. The number of benzene rings is 1. The van der Waals surface area contributed by atoms with Crippen molar-refractivity contribution in [3.8, 4) is 0 Å². The van der Waals surface area contributed by atoms with Crippen molar-refractivity contribution in [2.24, 2.45) is 0 Å². The summed E-state index contributed by atoms with van der Waals surface area (Å²) in [6.45, 7) is 6.66. The minimum absolute atomic E-state index is 0.0902. The molecule has 0 bridgehead atoms. The summed E-state index contributed by atoms with van der Waals surface area (Å²) in [5.41, 5.74) is 4.09. The van der Waals surface area contributed by atoms with Crippen LogP contribution in [0.5, 0.6) is 0 Å². The van der Waals surface area contributed by atoms with Crippen LogP contribution in [0.25, 0.3) is 0 Å². The van der Waals surface area contributed by atoms with Gasteiger partial charge in [-0.3, -0.25) is 14.2 Å². The quantitative estimate of drug-likeness (QED) is 0.526. The molecule has 9 heteroatoms. The summed E-state index contributed by atoms with van der Waals surface area (Å²) in [5.74, 6) is -0.0902. The maximum absolute atomic E-state index is 12.4. The Hall–Kier alpha value is -1.83. The molecule has 1 amide bonds. The van der Waals surface area contributed by atoms with E-state index in [2.05, 4.69) is 31.4 Å². The van der Waals surface area contributed by atoms with Gasteiger partial charge in [-0.2, -0.15) is 10.2 Å². The van der Waals surface area contributed by atoms with Gasteiger partial charge in [0.15, 0.2) is 0 Å². The summed E-state index contributed by atoms with van der Waals surface area (Å²) in [5, 5.41) is 12.9. The summed E-state index contributed by atoms with van der Waals surface area (Å²) in [6, 6.07) is 5.40. The number of hydrogen-bond acceptors (Lipinski definition) is 3. The van der Waals surface area contributed by atoms with Gasteiger partial charge in [0.2, 0.25) is 5.91 Å². The van der Waals surface area contributed by atoms with Gasteiger partial charge in [0.05, 0.1) is 40.8 Å². The van der Waals surface area contributed by atoms with E-state index < -0.39 is 0 Å². The smallest absolute Gasteiger partial charge is 0.226 e. The molecule has 0 aliphatic carbocycles. The number of carbonyl (C=O) groups is 1. The van der Waals surface area contributed by atoms with E-state index >= 15 is 0 Å². The fourth-order valence-electron chi connectivity index (χ4n) is 2.92. The Bertz CT molecular complexity index is 1010. The molecule has 0 spiro atoms. The molecule has 28 heavy (non-hydrogen) atoms. The second kappa shape index (κ2) is 8.68. The van der Waals surface area contributed by atoms with Crippen LogP contribution in [0.3, 0.4) is 0 Å². The minimum atomic E-state index is -0.0902. The number of hydrogen-bond donors (Lipinski definition) is 1. The number of anilines is 1. The third-order valence-electron chi connectivity index (χ3n) is 4.61. The first-order valence-electron chi connectivity index (χ1n) is 8.72. The van der Waals surface area contributed by atoms with Crippen LogP contribution in [0.15, 0.2) is 28.9 Å². The molecule has 0 unspecified atom stereocenters. The number of aromatic nitrogens is 4. The number of rotatable bonds is 6. The van der Waals surface area contributed by atoms with Crippen molar-refractivity contribution in [3.05, 3.63) is 61.6 Å². The Kier molecular flexibility index (Phi) is 6.47. The first-order chi connectivity index (χ1) is 13.3. The van der Waals surface area contributed by atoms with E-state index in [1.165, 1.54) is 0 Å². The van der Waals surface area contributed by atoms with Crippen molar-refractivity contribution in [2.75, 3.05) is 5.32 Å². The number of nitrogens with one attached hydrogen (secondary N) is 1. The van der Waals surface area contributed by atoms with Crippen molar-refractivity contribution in [3.63, 3.8) is 0 Å². The molecule has 1 N–H and O–H groups in total. The van der Waals surface area contributed by atoms with Gasteiger partial charge in [0.25, 0.3) is 0 Å². The zero-order chi connectivity index (χ0) is 20.4. The number of amides is 1. The van der Waals surface area contributed by atoms with Crippen molar-refractivity contribution in [2.45, 2.75) is 40.3 Å². The molecule has 2 aromatic heterocycles. The van der Waals surface area contributed by atoms with Gasteiger partial charge < -0.3 is 5.32 Å². The van der Waals surface area contributed by atoms with Gasteiger partial charge in [-0.05, 0) is 48.8 Å². The Morgan fingerprint density at radius 1 is 1.14 bits per heavy atom. The number of aryl methyl sites for hydroxylation is 2. The largest absolute Gasteiger partial charge is 0.323 e. The average Bonchev–Trinajstić information content (AvgIpc) is 3.10. The van der Waals surface area contributed by atoms with Crippen LogP contribution in [0, 0.1) is 20.8 Å². The van der Waals surface area contributed by atoms with E-state index in [-0.39, 0.29) is 5.91 Å². The van der Waals surface area contributed by atoms with E-state index in [4.69, 9.17) is 23.2 Å². The summed E-state index contributed by atoms with van der Waals surface area (Å²) < 4.78 is 4.53. The van der Waals surface area contributed by atoms with Crippen LogP contribution >= 0.6 is 39.1 Å². The molecule has 0 atom stereocenters. The second-order valence-corrected chi connectivity index (χ2v) is 8.17. The first-order valence-corrected chi connectivity index (χ1v) is 10.3. The summed E-state index contributed by atoms with van der Waals surface area (Å²) in [6.07, 6.45) is 2.04. The topological polar surface area (TPSA) is 64.7 Å². The highest BCUT2D eigenvalue weighted by Crippen LogP contribution is 2.27. The fraction of sp³-hybridized carbons (Fsp3) is 0.316. The normalized spacial score (nSPS) is 11.1. The molecule has 0 aliphatic rings. The molecule has 0 radical (unpaired) electrons. The lowest BCUT2D eigenvalue weighted by atomic mass is 10.2. The standard InChI is InChI=1S/C19H20BrCl2N5O/c1-11-19(24-18(28)7-8-26-12(2)15(20)9-23-26)13(3)27(25-11)10-14-16(21)5-4-6-17(14)22/h4-6,9H,7-8,10H2,1-3H3,(H,24,28). The maximum atomic E-state index is 12.4. The minimum Gasteiger partial charge on any atom is -0.323 e. The molecular formula is C19H20BrCl2N5O. The maximum Gasteiger partial charge on any atom is 0.226 e. The van der Waals surface area contributed by atoms with E-state index in [0.29, 0.717) is 35.2 Å². The summed E-state index contributed by atoms with van der Waals surface area (Å²) in [4.78, 5) is 12.4. The van der Waals surface area contributed by atoms with Crippen molar-refractivity contribution in [1.29, 1.82) is 0 Å². The number of halogens is 3. The van der Waals surface area contributed by atoms with Crippen molar-refractivity contribution >= 4 is 50.7 Å². The molecule has 148 valence electrons. The highest BCUT2D eigenvalue weighted by molar-refractivity contribution is 9.10. The van der Waals surface area contributed by atoms with Crippen LogP contribution in [0.4, 0.5) is 5.69 Å². The van der Waals surface area contributed by atoms with Crippen LogP contribution < -0.4 is 5.32 Å². The lowest BCUT2D eigenvalue weighted by Gasteiger charge is -2.10. The van der Waals surface area contributed by atoms with Gasteiger partial charge in [0.1, 0.15) is 0 Å². The molecular weight excluding hydrogens is 465 g/mol. The average molecular weight is 485 g/mol. The lowest BCUT2D eigenvalue weighted by molar-refractivity contribution is -0.116. The molecule has 3 rings (SSSR count). The Labute approximate surface area is 182 Å². The zero-order valence-electron chi connectivity index (χ0n) is 15.8. The summed E-state index contributed by atoms with van der Waals surface area (Å²) in [7, 11) is 0. The fourth-order valence-corrected chi connectivity index (χ4v) is 3.74. The molecule has 0 fully saturated rings. The Morgan fingerprint density at radius 2 is 1.82 bits per heavy atom. The van der Waals surface area contributed by atoms with Crippen LogP contribution in [0.1, 0.15) is 29.1 Å². The number of carbonyl (C=O) groups excluding carboxylic acids is 1. The van der Waals surface area contributed by atoms with Crippen LogP contribution in [-0.2, 0) is 17.9 Å². The highest BCUT2D eigenvalue weighted by Gasteiger charge is 2.16. The third-order valence-corrected chi connectivity index (χ3v) is 6.10. The van der Waals surface area contributed by atoms with Gasteiger partial charge in [-0.1, -0.05) is 29.3 Å². The van der Waals surface area contributed by atoms with E-state index in [0.717, 1.165) is 27.1 Å². The van der Waals surface area contributed by atoms with Crippen LogP contribution in [0.2, 0.25) is 10.0 Å². The first kappa shape index (κ1) is 20.9. The molecule has 6 nitrogen and oxygen atoms in total. The summed E-state index contributed by atoms with van der Waals surface area (Å²) >= 11 is 16.0. The van der Waals surface area contributed by atoms with Gasteiger partial charge in [-0.15, -0.1) is 0 Å². The third kappa shape index (κ3) is 4.42. The predicted octanol–water partition coefficient (Wildman–Crippen LogP) is 5.15. The monoisotopic (exact) mass is 483 g/mol. The molecule has 0 saturated heterocycles. The van der Waals surface area contributed by atoms with Gasteiger partial charge >= 0.3 is 0 Å².